The first-order valence-corrected chi connectivity index (χ1v) is 5.92. The van der Waals surface area contributed by atoms with Crippen molar-refractivity contribution in [2.75, 3.05) is 0 Å². The van der Waals surface area contributed by atoms with E-state index < -0.39 is 11.0 Å². The zero-order valence-corrected chi connectivity index (χ0v) is 10.8. The molecule has 0 aliphatic carbocycles. The zero-order valence-electron chi connectivity index (χ0n) is 10.8. The predicted octanol–water partition coefficient (Wildman–Crippen LogP) is 2.14. The SMILES string of the molecule is Cc1nn(C[C@H](O)c2ccccc2)c(C)c1[N+](=O)[O-]. The number of nitro groups is 1. The van der Waals surface area contributed by atoms with E-state index >= 15 is 0 Å². The molecule has 1 aromatic heterocycles. The van der Waals surface area contributed by atoms with Gasteiger partial charge in [0, 0.05) is 0 Å². The van der Waals surface area contributed by atoms with Crippen LogP contribution in [-0.2, 0) is 6.54 Å². The van der Waals surface area contributed by atoms with Gasteiger partial charge in [0.05, 0.1) is 17.6 Å². The average Bonchev–Trinajstić information content (AvgIpc) is 2.65. The quantitative estimate of drug-likeness (QED) is 0.675. The number of aromatic nitrogens is 2. The molecule has 1 N–H and O–H groups in total. The highest BCUT2D eigenvalue weighted by atomic mass is 16.6. The van der Waals surface area contributed by atoms with E-state index in [0.717, 1.165) is 5.56 Å². The first-order valence-electron chi connectivity index (χ1n) is 5.92. The Morgan fingerprint density at radius 2 is 2.00 bits per heavy atom. The number of benzene rings is 1. The van der Waals surface area contributed by atoms with Crippen LogP contribution in [0.25, 0.3) is 0 Å². The van der Waals surface area contributed by atoms with Crippen molar-refractivity contribution in [2.45, 2.75) is 26.5 Å². The average molecular weight is 261 g/mol. The van der Waals surface area contributed by atoms with Crippen LogP contribution in [0.15, 0.2) is 30.3 Å². The van der Waals surface area contributed by atoms with Crippen LogP contribution in [0.3, 0.4) is 0 Å². The molecule has 0 bridgehead atoms. The number of hydrogen-bond donors (Lipinski definition) is 1. The van der Waals surface area contributed by atoms with Gasteiger partial charge in [0.2, 0.25) is 0 Å². The Morgan fingerprint density at radius 3 is 2.53 bits per heavy atom. The van der Waals surface area contributed by atoms with E-state index in [-0.39, 0.29) is 12.2 Å². The maximum absolute atomic E-state index is 10.9. The second-order valence-electron chi connectivity index (χ2n) is 4.39. The van der Waals surface area contributed by atoms with Crippen molar-refractivity contribution >= 4 is 5.69 Å². The molecule has 0 aliphatic heterocycles. The molecule has 2 rings (SSSR count). The Bertz CT molecular complexity index is 593. The summed E-state index contributed by atoms with van der Waals surface area (Å²) in [5.41, 5.74) is 1.60. The fourth-order valence-electron chi connectivity index (χ4n) is 2.07. The summed E-state index contributed by atoms with van der Waals surface area (Å²) in [6.45, 7) is 3.43. The third-order valence-corrected chi connectivity index (χ3v) is 3.06. The van der Waals surface area contributed by atoms with Crippen molar-refractivity contribution in [2.24, 2.45) is 0 Å². The van der Waals surface area contributed by atoms with Crippen molar-refractivity contribution in [3.63, 3.8) is 0 Å². The lowest BCUT2D eigenvalue weighted by atomic mass is 10.1. The van der Waals surface area contributed by atoms with Gasteiger partial charge < -0.3 is 5.11 Å². The summed E-state index contributed by atoms with van der Waals surface area (Å²) < 4.78 is 1.48. The smallest absolute Gasteiger partial charge is 0.312 e. The van der Waals surface area contributed by atoms with Gasteiger partial charge in [0.1, 0.15) is 11.4 Å². The first-order chi connectivity index (χ1) is 9.00. The molecule has 0 aliphatic rings. The summed E-state index contributed by atoms with van der Waals surface area (Å²) in [4.78, 5) is 10.5. The standard InChI is InChI=1S/C13H15N3O3/c1-9-13(16(18)19)10(2)15(14-9)8-12(17)11-6-4-3-5-7-11/h3-7,12,17H,8H2,1-2H3/t12-/m0/s1. The van der Waals surface area contributed by atoms with Gasteiger partial charge in [-0.15, -0.1) is 0 Å². The van der Waals surface area contributed by atoms with Gasteiger partial charge in [-0.1, -0.05) is 30.3 Å². The summed E-state index contributed by atoms with van der Waals surface area (Å²) >= 11 is 0. The lowest BCUT2D eigenvalue weighted by Crippen LogP contribution is -2.11. The van der Waals surface area contributed by atoms with Crippen molar-refractivity contribution in [1.29, 1.82) is 0 Å². The molecule has 1 heterocycles. The van der Waals surface area contributed by atoms with E-state index in [4.69, 9.17) is 0 Å². The van der Waals surface area contributed by atoms with Gasteiger partial charge in [-0.3, -0.25) is 14.8 Å². The minimum atomic E-state index is -0.737. The summed E-state index contributed by atoms with van der Waals surface area (Å²) in [5.74, 6) is 0. The van der Waals surface area contributed by atoms with Crippen LogP contribution < -0.4 is 0 Å². The van der Waals surface area contributed by atoms with Crippen LogP contribution in [-0.4, -0.2) is 19.8 Å². The summed E-state index contributed by atoms with van der Waals surface area (Å²) in [6.07, 6.45) is -0.737. The number of aliphatic hydroxyl groups is 1. The van der Waals surface area contributed by atoms with E-state index in [2.05, 4.69) is 5.10 Å². The molecule has 0 spiro atoms. The molecule has 6 heteroatoms. The molecule has 0 saturated carbocycles. The van der Waals surface area contributed by atoms with Gasteiger partial charge in [-0.25, -0.2) is 0 Å². The van der Waals surface area contributed by atoms with Crippen molar-refractivity contribution in [3.8, 4) is 0 Å². The first kappa shape index (κ1) is 13.2. The molecule has 0 saturated heterocycles. The Kier molecular flexibility index (Phi) is 3.62. The number of aliphatic hydroxyl groups excluding tert-OH is 1. The third-order valence-electron chi connectivity index (χ3n) is 3.06. The van der Waals surface area contributed by atoms with Crippen LogP contribution in [0.4, 0.5) is 5.69 Å². The maximum Gasteiger partial charge on any atom is 0.312 e. The number of nitrogens with zero attached hydrogens (tertiary/aromatic N) is 3. The largest absolute Gasteiger partial charge is 0.386 e. The highest BCUT2D eigenvalue weighted by molar-refractivity contribution is 5.39. The Hall–Kier alpha value is -2.21. The Balaban J connectivity index is 2.25. The normalized spacial score (nSPS) is 12.4. The Morgan fingerprint density at radius 1 is 1.37 bits per heavy atom. The van der Waals surface area contributed by atoms with E-state index in [1.807, 2.05) is 30.3 Å². The van der Waals surface area contributed by atoms with Crippen molar-refractivity contribution in [1.82, 2.24) is 9.78 Å². The summed E-state index contributed by atoms with van der Waals surface area (Å²) in [7, 11) is 0. The predicted molar refractivity (Wildman–Crippen MR) is 69.8 cm³/mol. The summed E-state index contributed by atoms with van der Waals surface area (Å²) in [5, 5.41) is 25.1. The molecule has 19 heavy (non-hydrogen) atoms. The second kappa shape index (κ2) is 5.19. The third kappa shape index (κ3) is 2.63. The highest BCUT2D eigenvalue weighted by Crippen LogP contribution is 2.24. The van der Waals surface area contributed by atoms with Crippen LogP contribution in [0.1, 0.15) is 23.1 Å². The number of hydrogen-bond acceptors (Lipinski definition) is 4. The van der Waals surface area contributed by atoms with Gasteiger partial charge in [-0.2, -0.15) is 5.10 Å². The lowest BCUT2D eigenvalue weighted by Gasteiger charge is -2.11. The van der Waals surface area contributed by atoms with Crippen LogP contribution >= 0.6 is 0 Å². The molecule has 0 fully saturated rings. The van der Waals surface area contributed by atoms with Crippen molar-refractivity contribution < 1.29 is 10.0 Å². The fraction of sp³-hybridized carbons (Fsp3) is 0.308. The number of rotatable bonds is 4. The van der Waals surface area contributed by atoms with Gasteiger partial charge in [0.15, 0.2) is 0 Å². The molecule has 0 radical (unpaired) electrons. The molecular formula is C13H15N3O3. The fourth-order valence-corrected chi connectivity index (χ4v) is 2.07. The van der Waals surface area contributed by atoms with E-state index in [0.29, 0.717) is 11.4 Å². The van der Waals surface area contributed by atoms with Crippen molar-refractivity contribution in [3.05, 3.63) is 57.4 Å². The Labute approximate surface area is 110 Å². The van der Waals surface area contributed by atoms with E-state index in [9.17, 15) is 15.2 Å². The molecule has 0 amide bonds. The molecule has 0 unspecified atom stereocenters. The molecule has 6 nitrogen and oxygen atoms in total. The zero-order chi connectivity index (χ0) is 14.0. The number of aryl methyl sites for hydroxylation is 1. The van der Waals surface area contributed by atoms with Crippen LogP contribution in [0.2, 0.25) is 0 Å². The lowest BCUT2D eigenvalue weighted by molar-refractivity contribution is -0.386. The minimum Gasteiger partial charge on any atom is -0.386 e. The van der Waals surface area contributed by atoms with Crippen LogP contribution in [0.5, 0.6) is 0 Å². The molecule has 1 atom stereocenters. The van der Waals surface area contributed by atoms with Gasteiger partial charge in [0.25, 0.3) is 0 Å². The monoisotopic (exact) mass is 261 g/mol. The van der Waals surface area contributed by atoms with E-state index in [1.54, 1.807) is 13.8 Å². The molecule has 100 valence electrons. The van der Waals surface area contributed by atoms with Gasteiger partial charge >= 0.3 is 5.69 Å². The highest BCUT2D eigenvalue weighted by Gasteiger charge is 2.23. The topological polar surface area (TPSA) is 81.2 Å². The van der Waals surface area contributed by atoms with E-state index in [1.165, 1.54) is 4.68 Å². The van der Waals surface area contributed by atoms with Crippen LogP contribution in [0, 0.1) is 24.0 Å². The molecule has 2 aromatic rings. The summed E-state index contributed by atoms with van der Waals surface area (Å²) in [6, 6.07) is 9.16. The second-order valence-corrected chi connectivity index (χ2v) is 4.39. The molecular weight excluding hydrogens is 246 g/mol. The minimum absolute atomic E-state index is 0.0141. The maximum atomic E-state index is 10.9. The molecule has 1 aromatic carbocycles. The van der Waals surface area contributed by atoms with Gasteiger partial charge in [-0.05, 0) is 19.4 Å².